The molecule has 166 valence electrons. The third kappa shape index (κ3) is 6.37. The Balaban J connectivity index is 1.35. The van der Waals surface area contributed by atoms with E-state index < -0.39 is 6.09 Å². The maximum absolute atomic E-state index is 10.7. The lowest BCUT2D eigenvalue weighted by Crippen LogP contribution is -2.19. The molecule has 0 atom stereocenters. The van der Waals surface area contributed by atoms with Gasteiger partial charge < -0.3 is 21.1 Å². The first kappa shape index (κ1) is 22.0. The van der Waals surface area contributed by atoms with E-state index in [4.69, 9.17) is 5.11 Å². The summed E-state index contributed by atoms with van der Waals surface area (Å²) < 4.78 is 0. The number of hydrogen-bond acceptors (Lipinski definition) is 3. The molecular weight excluding hydrogens is 410 g/mol. The zero-order valence-corrected chi connectivity index (χ0v) is 18.3. The van der Waals surface area contributed by atoms with Crippen LogP contribution in [0.5, 0.6) is 0 Å². The fourth-order valence-corrected chi connectivity index (χ4v) is 3.67. The summed E-state index contributed by atoms with van der Waals surface area (Å²) in [5.74, 6) is 0. The Morgan fingerprint density at radius 2 is 1.39 bits per heavy atom. The molecule has 0 bridgehead atoms. The molecule has 4 rings (SSSR count). The van der Waals surface area contributed by atoms with Crippen molar-refractivity contribution in [1.29, 1.82) is 0 Å². The Labute approximate surface area is 194 Å². The fourth-order valence-electron chi connectivity index (χ4n) is 3.67. The lowest BCUT2D eigenvalue weighted by molar-refractivity contribution is 0.194. The largest absolute Gasteiger partial charge is 0.465 e. The van der Waals surface area contributed by atoms with Crippen molar-refractivity contribution in [2.45, 2.75) is 13.0 Å². The molecule has 5 heteroatoms. The average molecular weight is 438 g/mol. The van der Waals surface area contributed by atoms with Gasteiger partial charge in [0.05, 0.1) is 11.4 Å². The first-order valence-electron chi connectivity index (χ1n) is 11.0. The molecule has 0 aliphatic carbocycles. The van der Waals surface area contributed by atoms with E-state index in [1.807, 2.05) is 48.5 Å². The number of para-hydroxylation sites is 2. The monoisotopic (exact) mass is 437 g/mol. The highest BCUT2D eigenvalue weighted by atomic mass is 16.4. The van der Waals surface area contributed by atoms with Crippen LogP contribution in [0.2, 0.25) is 0 Å². The summed E-state index contributed by atoms with van der Waals surface area (Å²) in [6.07, 6.45) is -0.114. The summed E-state index contributed by atoms with van der Waals surface area (Å²) in [5.41, 5.74) is 7.53. The highest BCUT2D eigenvalue weighted by molar-refractivity contribution is 5.74. The number of hydrogen-bond donors (Lipinski definition) is 4. The second-order valence-corrected chi connectivity index (χ2v) is 7.77. The molecule has 33 heavy (non-hydrogen) atoms. The van der Waals surface area contributed by atoms with Crippen LogP contribution < -0.4 is 16.0 Å². The van der Waals surface area contributed by atoms with Crippen LogP contribution in [-0.4, -0.2) is 17.7 Å². The van der Waals surface area contributed by atoms with Gasteiger partial charge in [0.15, 0.2) is 0 Å². The smallest absolute Gasteiger partial charge is 0.404 e. The summed E-state index contributed by atoms with van der Waals surface area (Å²) >= 11 is 0. The molecule has 4 aromatic rings. The van der Waals surface area contributed by atoms with E-state index in [0.717, 1.165) is 35.6 Å². The van der Waals surface area contributed by atoms with Gasteiger partial charge in [-0.15, -0.1) is 0 Å². The molecule has 0 fully saturated rings. The number of carbonyl (C=O) groups is 1. The van der Waals surface area contributed by atoms with Crippen molar-refractivity contribution in [1.82, 2.24) is 5.32 Å². The van der Waals surface area contributed by atoms with Crippen molar-refractivity contribution in [2.24, 2.45) is 0 Å². The fraction of sp³-hybridized carbons (Fsp3) is 0.107. The molecule has 0 saturated carbocycles. The van der Waals surface area contributed by atoms with Crippen LogP contribution in [0.25, 0.3) is 11.1 Å². The Morgan fingerprint density at radius 3 is 2.15 bits per heavy atom. The second-order valence-electron chi connectivity index (χ2n) is 7.77. The second kappa shape index (κ2) is 10.9. The van der Waals surface area contributed by atoms with E-state index in [-0.39, 0.29) is 6.54 Å². The van der Waals surface area contributed by atoms with Gasteiger partial charge in [0.25, 0.3) is 0 Å². The Morgan fingerprint density at radius 1 is 0.697 bits per heavy atom. The third-order valence-corrected chi connectivity index (χ3v) is 5.37. The molecule has 4 N–H and O–H groups in total. The first-order valence-corrected chi connectivity index (χ1v) is 11.0. The summed E-state index contributed by atoms with van der Waals surface area (Å²) in [4.78, 5) is 10.7. The van der Waals surface area contributed by atoms with Crippen LogP contribution >= 0.6 is 0 Å². The van der Waals surface area contributed by atoms with Crippen LogP contribution in [-0.2, 0) is 13.0 Å². The van der Waals surface area contributed by atoms with Crippen molar-refractivity contribution >= 4 is 23.2 Å². The topological polar surface area (TPSA) is 73.4 Å². The Bertz CT molecular complexity index is 1190. The van der Waals surface area contributed by atoms with Crippen LogP contribution in [0.3, 0.4) is 0 Å². The first-order chi connectivity index (χ1) is 16.2. The van der Waals surface area contributed by atoms with Crippen molar-refractivity contribution in [3.05, 3.63) is 114 Å². The Kier molecular flexibility index (Phi) is 7.23. The number of benzene rings is 4. The van der Waals surface area contributed by atoms with Crippen molar-refractivity contribution in [3.8, 4) is 11.1 Å². The van der Waals surface area contributed by atoms with Crippen LogP contribution in [0.1, 0.15) is 11.1 Å². The van der Waals surface area contributed by atoms with Gasteiger partial charge in [-0.2, -0.15) is 0 Å². The summed E-state index contributed by atoms with van der Waals surface area (Å²) in [5, 5.41) is 18.2. The molecule has 0 spiro atoms. The predicted octanol–water partition coefficient (Wildman–Crippen LogP) is 6.52. The van der Waals surface area contributed by atoms with Crippen LogP contribution in [0, 0.1) is 0 Å². The molecule has 1 amide bonds. The van der Waals surface area contributed by atoms with Crippen molar-refractivity contribution < 1.29 is 9.90 Å². The van der Waals surface area contributed by atoms with E-state index in [2.05, 4.69) is 70.5 Å². The lowest BCUT2D eigenvalue weighted by Gasteiger charge is -2.15. The maximum Gasteiger partial charge on any atom is 0.404 e. The molecule has 0 unspecified atom stereocenters. The molecule has 0 aliphatic rings. The minimum atomic E-state index is -1.03. The van der Waals surface area contributed by atoms with Gasteiger partial charge in [-0.05, 0) is 52.9 Å². The third-order valence-electron chi connectivity index (χ3n) is 5.37. The number of rotatable bonds is 9. The summed E-state index contributed by atoms with van der Waals surface area (Å²) in [7, 11) is 0. The van der Waals surface area contributed by atoms with E-state index in [1.165, 1.54) is 16.7 Å². The van der Waals surface area contributed by atoms with Crippen molar-refractivity contribution in [2.75, 3.05) is 17.2 Å². The molecule has 4 aromatic carbocycles. The number of carboxylic acid groups (broad SMARTS) is 1. The van der Waals surface area contributed by atoms with Crippen LogP contribution in [0.15, 0.2) is 103 Å². The predicted molar refractivity (Wildman–Crippen MR) is 135 cm³/mol. The standard InChI is InChI=1S/C28H27N3O2/c32-28(33)30-20-22-7-6-10-25(19-22)31-27-12-5-4-11-26(27)29-18-17-21-13-15-24(16-14-21)23-8-2-1-3-9-23/h1-16,19,29-31H,17-18,20H2,(H,32,33). The number of amides is 1. The SMILES string of the molecule is O=C(O)NCc1cccc(Nc2ccccc2NCCc2ccc(-c3ccccc3)cc2)c1. The van der Waals surface area contributed by atoms with E-state index >= 15 is 0 Å². The van der Waals surface area contributed by atoms with Crippen LogP contribution in [0.4, 0.5) is 21.9 Å². The molecule has 0 radical (unpaired) electrons. The zero-order chi connectivity index (χ0) is 22.9. The van der Waals surface area contributed by atoms with E-state index in [0.29, 0.717) is 0 Å². The number of nitrogens with one attached hydrogen (secondary N) is 3. The lowest BCUT2D eigenvalue weighted by atomic mass is 10.0. The molecule has 0 aromatic heterocycles. The molecular formula is C28H27N3O2. The summed E-state index contributed by atoms with van der Waals surface area (Å²) in [6.45, 7) is 1.08. The molecule has 0 aliphatic heterocycles. The number of anilines is 3. The average Bonchev–Trinajstić information content (AvgIpc) is 2.85. The van der Waals surface area contributed by atoms with E-state index in [1.54, 1.807) is 0 Å². The van der Waals surface area contributed by atoms with Gasteiger partial charge in [-0.25, -0.2) is 4.79 Å². The van der Waals surface area contributed by atoms with Gasteiger partial charge in [-0.1, -0.05) is 78.9 Å². The quantitative estimate of drug-likeness (QED) is 0.241. The van der Waals surface area contributed by atoms with Gasteiger partial charge >= 0.3 is 6.09 Å². The minimum absolute atomic E-state index is 0.272. The molecule has 0 saturated heterocycles. The van der Waals surface area contributed by atoms with E-state index in [9.17, 15) is 4.79 Å². The van der Waals surface area contributed by atoms with Gasteiger partial charge in [-0.3, -0.25) is 0 Å². The molecule has 5 nitrogen and oxygen atoms in total. The van der Waals surface area contributed by atoms with Crippen molar-refractivity contribution in [3.63, 3.8) is 0 Å². The maximum atomic E-state index is 10.7. The van der Waals surface area contributed by atoms with Gasteiger partial charge in [0.2, 0.25) is 0 Å². The Hall–Kier alpha value is -4.25. The van der Waals surface area contributed by atoms with Gasteiger partial charge in [0.1, 0.15) is 0 Å². The minimum Gasteiger partial charge on any atom is -0.465 e. The summed E-state index contributed by atoms with van der Waals surface area (Å²) in [6, 6.07) is 34.9. The highest BCUT2D eigenvalue weighted by Crippen LogP contribution is 2.26. The normalized spacial score (nSPS) is 10.4. The van der Waals surface area contributed by atoms with Gasteiger partial charge in [0, 0.05) is 18.8 Å². The highest BCUT2D eigenvalue weighted by Gasteiger charge is 2.04. The zero-order valence-electron chi connectivity index (χ0n) is 18.3. The molecule has 0 heterocycles.